The zero-order valence-electron chi connectivity index (χ0n) is 11.6. The van der Waals surface area contributed by atoms with Crippen molar-refractivity contribution in [2.24, 2.45) is 0 Å². The number of carbonyl (C=O) groups excluding carboxylic acids is 1. The van der Waals surface area contributed by atoms with E-state index in [4.69, 9.17) is 16.3 Å². The summed E-state index contributed by atoms with van der Waals surface area (Å²) in [5, 5.41) is 12.4. The minimum Gasteiger partial charge on any atom is -0.423 e. The molecule has 1 atom stereocenters. The Morgan fingerprint density at radius 2 is 1.91 bits per heavy atom. The Morgan fingerprint density at radius 3 is 2.59 bits per heavy atom. The van der Waals surface area contributed by atoms with Crippen LogP contribution in [0.5, 0.6) is 5.75 Å². The second-order valence-electron chi connectivity index (χ2n) is 4.58. The van der Waals surface area contributed by atoms with Crippen LogP contribution in [0.2, 0.25) is 0 Å². The van der Waals surface area contributed by atoms with Gasteiger partial charge in [-0.05, 0) is 36.4 Å². The van der Waals surface area contributed by atoms with Crippen LogP contribution in [-0.2, 0) is 0 Å². The summed E-state index contributed by atoms with van der Waals surface area (Å²) in [5.41, 5.74) is 0.840. The van der Waals surface area contributed by atoms with Crippen LogP contribution in [0, 0.1) is 5.82 Å². The van der Waals surface area contributed by atoms with Crippen LogP contribution in [0.4, 0.5) is 10.1 Å². The molecular formula is C16H15ClFNO3. The molecule has 0 fully saturated rings. The molecule has 2 aromatic rings. The zero-order valence-corrected chi connectivity index (χ0v) is 12.4. The molecule has 0 aliphatic heterocycles. The van der Waals surface area contributed by atoms with Gasteiger partial charge in [0.15, 0.2) is 0 Å². The molecule has 0 bridgehead atoms. The highest BCUT2D eigenvalue weighted by Crippen LogP contribution is 2.19. The normalized spacial score (nSPS) is 11.8. The van der Waals surface area contributed by atoms with E-state index in [1.807, 2.05) is 0 Å². The lowest BCUT2D eigenvalue weighted by Gasteiger charge is -2.13. The number of hydrogen-bond donors (Lipinski definition) is 2. The number of aliphatic hydroxyl groups excluding tert-OH is 1. The highest BCUT2D eigenvalue weighted by Gasteiger charge is 2.14. The Bertz CT molecular complexity index is 634. The van der Waals surface area contributed by atoms with Gasteiger partial charge in [0.2, 0.25) is 0 Å². The summed E-state index contributed by atoms with van der Waals surface area (Å²) in [4.78, 5) is 12.2. The smallest absolute Gasteiger partial charge is 0.345 e. The van der Waals surface area contributed by atoms with E-state index in [1.165, 1.54) is 24.3 Å². The van der Waals surface area contributed by atoms with Gasteiger partial charge in [0, 0.05) is 12.2 Å². The highest BCUT2D eigenvalue weighted by atomic mass is 35.5. The molecule has 116 valence electrons. The number of benzene rings is 2. The van der Waals surface area contributed by atoms with E-state index in [-0.39, 0.29) is 18.2 Å². The first-order chi connectivity index (χ1) is 10.6. The van der Waals surface area contributed by atoms with Gasteiger partial charge < -0.3 is 15.2 Å². The van der Waals surface area contributed by atoms with E-state index in [2.05, 4.69) is 5.32 Å². The lowest BCUT2D eigenvalue weighted by Crippen LogP contribution is -2.22. The first-order valence-corrected chi connectivity index (χ1v) is 7.18. The van der Waals surface area contributed by atoms with Gasteiger partial charge in [-0.1, -0.05) is 12.1 Å². The highest BCUT2D eigenvalue weighted by molar-refractivity contribution is 6.18. The fourth-order valence-corrected chi connectivity index (χ4v) is 1.87. The number of aliphatic hydroxyl groups is 1. The largest absolute Gasteiger partial charge is 0.423 e. The number of nitrogens with one attached hydrogen (secondary N) is 1. The number of carbonyl (C=O) groups is 1. The first-order valence-electron chi connectivity index (χ1n) is 6.65. The van der Waals surface area contributed by atoms with Crippen LogP contribution in [0.15, 0.2) is 48.5 Å². The van der Waals surface area contributed by atoms with Crippen LogP contribution >= 0.6 is 11.6 Å². The van der Waals surface area contributed by atoms with Crippen molar-refractivity contribution in [2.45, 2.75) is 6.10 Å². The number of hydrogen-bond acceptors (Lipinski definition) is 4. The van der Waals surface area contributed by atoms with E-state index >= 15 is 0 Å². The van der Waals surface area contributed by atoms with Crippen LogP contribution < -0.4 is 10.1 Å². The van der Waals surface area contributed by atoms with E-state index < -0.39 is 17.9 Å². The molecule has 0 aromatic heterocycles. The standard InChI is InChI=1S/C16H15ClFNO3/c17-9-12(20)10-19-15-4-2-1-3-14(15)16(21)22-13-7-5-11(18)6-8-13/h1-8,12,19-20H,9-10H2. The lowest BCUT2D eigenvalue weighted by molar-refractivity contribution is 0.0735. The van der Waals surface area contributed by atoms with Gasteiger partial charge in [0.25, 0.3) is 0 Å². The molecule has 2 rings (SSSR count). The third-order valence-corrected chi connectivity index (χ3v) is 3.23. The molecule has 0 saturated heterocycles. The fraction of sp³-hybridized carbons (Fsp3) is 0.188. The Kier molecular flexibility index (Phi) is 5.75. The lowest BCUT2D eigenvalue weighted by atomic mass is 10.1. The summed E-state index contributed by atoms with van der Waals surface area (Å²) in [6.45, 7) is 0.213. The van der Waals surface area contributed by atoms with Gasteiger partial charge >= 0.3 is 5.97 Å². The van der Waals surface area contributed by atoms with Crippen LogP contribution in [0.25, 0.3) is 0 Å². The maximum absolute atomic E-state index is 12.8. The fourth-order valence-electron chi connectivity index (χ4n) is 1.76. The van der Waals surface area contributed by atoms with Crippen molar-refractivity contribution in [1.82, 2.24) is 0 Å². The summed E-state index contributed by atoms with van der Waals surface area (Å²) in [6, 6.07) is 11.9. The molecule has 0 spiro atoms. The molecule has 1 unspecified atom stereocenters. The van der Waals surface area contributed by atoms with Gasteiger partial charge in [-0.2, -0.15) is 0 Å². The van der Waals surface area contributed by atoms with Crippen LogP contribution in [0.1, 0.15) is 10.4 Å². The molecule has 0 heterocycles. The number of ether oxygens (including phenoxy) is 1. The van der Waals surface area contributed by atoms with E-state index in [0.29, 0.717) is 11.3 Å². The van der Waals surface area contributed by atoms with Gasteiger partial charge in [-0.15, -0.1) is 11.6 Å². The predicted octanol–water partition coefficient (Wildman–Crippen LogP) is 3.06. The molecule has 0 saturated carbocycles. The summed E-state index contributed by atoms with van der Waals surface area (Å²) in [5.74, 6) is -0.635. The molecule has 22 heavy (non-hydrogen) atoms. The third kappa shape index (κ3) is 4.44. The average molecular weight is 324 g/mol. The summed E-state index contributed by atoms with van der Waals surface area (Å²) >= 11 is 5.53. The number of anilines is 1. The Morgan fingerprint density at radius 1 is 1.23 bits per heavy atom. The zero-order chi connectivity index (χ0) is 15.9. The Labute approximate surface area is 132 Å². The topological polar surface area (TPSA) is 58.6 Å². The number of para-hydroxylation sites is 1. The van der Waals surface area contributed by atoms with E-state index in [0.717, 1.165) is 0 Å². The minimum absolute atomic E-state index is 0.0925. The summed E-state index contributed by atoms with van der Waals surface area (Å²) in [6.07, 6.45) is -0.720. The molecule has 4 nitrogen and oxygen atoms in total. The molecule has 0 radical (unpaired) electrons. The molecule has 0 aliphatic rings. The van der Waals surface area contributed by atoms with Crippen molar-refractivity contribution in [3.63, 3.8) is 0 Å². The molecule has 6 heteroatoms. The summed E-state index contributed by atoms with van der Waals surface area (Å²) < 4.78 is 18.0. The number of alkyl halides is 1. The number of halogens is 2. The molecule has 2 aromatic carbocycles. The minimum atomic E-state index is -0.720. The van der Waals surface area contributed by atoms with Crippen molar-refractivity contribution in [3.05, 3.63) is 59.9 Å². The Hall–Kier alpha value is -2.11. The molecular weight excluding hydrogens is 309 g/mol. The Balaban J connectivity index is 2.10. The van der Waals surface area contributed by atoms with Crippen molar-refractivity contribution in [3.8, 4) is 5.75 Å². The van der Waals surface area contributed by atoms with Gasteiger partial charge in [-0.3, -0.25) is 0 Å². The van der Waals surface area contributed by atoms with Crippen molar-refractivity contribution in [2.75, 3.05) is 17.7 Å². The maximum atomic E-state index is 12.8. The molecule has 0 amide bonds. The average Bonchev–Trinajstić information content (AvgIpc) is 2.55. The van der Waals surface area contributed by atoms with Crippen molar-refractivity contribution < 1.29 is 19.0 Å². The number of esters is 1. The maximum Gasteiger partial charge on any atom is 0.345 e. The van der Waals surface area contributed by atoms with E-state index in [1.54, 1.807) is 24.3 Å². The first kappa shape index (κ1) is 16.3. The van der Waals surface area contributed by atoms with Crippen molar-refractivity contribution in [1.29, 1.82) is 0 Å². The van der Waals surface area contributed by atoms with Gasteiger partial charge in [-0.25, -0.2) is 9.18 Å². The third-order valence-electron chi connectivity index (χ3n) is 2.88. The van der Waals surface area contributed by atoms with Gasteiger partial charge in [0.1, 0.15) is 11.6 Å². The quantitative estimate of drug-likeness (QED) is 0.487. The summed E-state index contributed by atoms with van der Waals surface area (Å²) in [7, 11) is 0. The second-order valence-corrected chi connectivity index (χ2v) is 4.89. The number of rotatable bonds is 6. The second kappa shape index (κ2) is 7.77. The van der Waals surface area contributed by atoms with Crippen LogP contribution in [0.3, 0.4) is 0 Å². The van der Waals surface area contributed by atoms with E-state index in [9.17, 15) is 14.3 Å². The predicted molar refractivity (Wildman–Crippen MR) is 83.0 cm³/mol. The van der Waals surface area contributed by atoms with Crippen molar-refractivity contribution >= 4 is 23.3 Å². The molecule has 2 N–H and O–H groups in total. The van der Waals surface area contributed by atoms with Crippen LogP contribution in [-0.4, -0.2) is 29.6 Å². The monoisotopic (exact) mass is 323 g/mol. The van der Waals surface area contributed by atoms with Gasteiger partial charge in [0.05, 0.1) is 17.5 Å². The molecule has 0 aliphatic carbocycles. The SMILES string of the molecule is O=C(Oc1ccc(F)cc1)c1ccccc1NCC(O)CCl.